The molecular weight excluding hydrogens is 529 g/mol. The van der Waals surface area contributed by atoms with Crippen LogP contribution >= 0.6 is 38.9 Å². The van der Waals surface area contributed by atoms with Gasteiger partial charge in [-0.2, -0.15) is 13.1 Å². The van der Waals surface area contributed by atoms with Crippen LogP contribution in [0, 0.1) is 5.82 Å². The van der Waals surface area contributed by atoms with E-state index in [9.17, 15) is 12.8 Å². The number of aliphatic imine (C=N–C) groups is 1. The summed E-state index contributed by atoms with van der Waals surface area (Å²) in [5.41, 5.74) is 2.41. The summed E-state index contributed by atoms with van der Waals surface area (Å²) in [5.74, 6) is 0.205. The molecule has 12 heteroatoms. The largest absolute Gasteiger partial charge is 0.326 e. The van der Waals surface area contributed by atoms with Crippen LogP contribution < -0.4 is 9.44 Å². The first-order valence-corrected chi connectivity index (χ1v) is 12.9. The molecule has 1 aromatic carbocycles. The number of nitrogens with zero attached hydrogens (tertiary/aromatic N) is 3. The second kappa shape index (κ2) is 9.08. The zero-order valence-electron chi connectivity index (χ0n) is 16.2. The van der Waals surface area contributed by atoms with E-state index < -0.39 is 22.1 Å². The van der Waals surface area contributed by atoms with Crippen LogP contribution in [0.5, 0.6) is 0 Å². The first-order chi connectivity index (χ1) is 14.8. The van der Waals surface area contributed by atoms with Gasteiger partial charge < -0.3 is 4.90 Å². The number of hydrogen-bond donors (Lipinski definition) is 2. The Hall–Kier alpha value is -1.63. The van der Waals surface area contributed by atoms with E-state index >= 15 is 0 Å². The van der Waals surface area contributed by atoms with Crippen LogP contribution in [0.25, 0.3) is 0 Å². The molecule has 0 unspecified atom stereocenters. The van der Waals surface area contributed by atoms with Crippen LogP contribution in [-0.2, 0) is 10.2 Å². The van der Waals surface area contributed by atoms with Gasteiger partial charge >= 0.3 is 0 Å². The maximum Gasteiger partial charge on any atom is 0.276 e. The first kappa shape index (κ1) is 22.6. The van der Waals surface area contributed by atoms with E-state index in [0.29, 0.717) is 29.4 Å². The molecule has 164 valence electrons. The molecule has 0 aliphatic carbocycles. The number of halogens is 3. The summed E-state index contributed by atoms with van der Waals surface area (Å²) in [6.45, 7) is 0.401. The fourth-order valence-corrected chi connectivity index (χ4v) is 5.63. The molecule has 31 heavy (non-hydrogen) atoms. The third-order valence-corrected chi connectivity index (χ3v) is 7.56. The molecule has 4 rings (SSSR count). The lowest BCUT2D eigenvalue weighted by molar-refractivity contribution is 0.510. The van der Waals surface area contributed by atoms with Crippen LogP contribution in [0.2, 0.25) is 5.02 Å². The highest BCUT2D eigenvalue weighted by atomic mass is 79.9. The van der Waals surface area contributed by atoms with Gasteiger partial charge in [-0.1, -0.05) is 33.6 Å². The predicted molar refractivity (Wildman–Crippen MR) is 124 cm³/mol. The molecule has 3 heterocycles. The molecule has 1 aromatic heterocycles. The van der Waals surface area contributed by atoms with E-state index in [1.807, 2.05) is 16.4 Å². The molecule has 0 bridgehead atoms. The molecular formula is C19H18BrClFN5O2S2. The van der Waals surface area contributed by atoms with E-state index in [1.165, 1.54) is 30.5 Å². The minimum absolute atomic E-state index is 0.271. The molecule has 0 radical (unpaired) electrons. The fourth-order valence-electron chi connectivity index (χ4n) is 3.72. The van der Waals surface area contributed by atoms with E-state index in [4.69, 9.17) is 16.6 Å². The van der Waals surface area contributed by atoms with Crippen molar-refractivity contribution in [3.63, 3.8) is 0 Å². The van der Waals surface area contributed by atoms with E-state index in [1.54, 1.807) is 17.2 Å². The summed E-state index contributed by atoms with van der Waals surface area (Å²) in [4.78, 5) is 13.0. The van der Waals surface area contributed by atoms with Crippen molar-refractivity contribution < 1.29 is 12.8 Å². The molecule has 0 saturated carbocycles. The van der Waals surface area contributed by atoms with Crippen LogP contribution in [0.3, 0.4) is 0 Å². The fraction of sp³-hybridized carbons (Fsp3) is 0.263. The van der Waals surface area contributed by atoms with Crippen molar-refractivity contribution in [2.45, 2.75) is 18.5 Å². The lowest BCUT2D eigenvalue weighted by Crippen LogP contribution is -2.43. The summed E-state index contributed by atoms with van der Waals surface area (Å²) >= 11 is 11.2. The van der Waals surface area contributed by atoms with Gasteiger partial charge in [0.15, 0.2) is 10.8 Å². The number of thiazole rings is 1. The molecule has 0 amide bonds. The number of aromatic nitrogens is 1. The zero-order valence-corrected chi connectivity index (χ0v) is 20.2. The monoisotopic (exact) mass is 545 g/mol. The molecule has 1 fully saturated rings. The summed E-state index contributed by atoms with van der Waals surface area (Å²) in [7, 11) is -2.26. The molecule has 2 N–H and O–H groups in total. The highest BCUT2D eigenvalue weighted by molar-refractivity contribution is 9.11. The minimum Gasteiger partial charge on any atom is -0.326 e. The average Bonchev–Trinajstić information content (AvgIpc) is 3.38. The van der Waals surface area contributed by atoms with Crippen LogP contribution in [0.4, 0.5) is 4.39 Å². The van der Waals surface area contributed by atoms with Crippen molar-refractivity contribution in [3.8, 4) is 0 Å². The van der Waals surface area contributed by atoms with Gasteiger partial charge in [0.05, 0.1) is 0 Å². The van der Waals surface area contributed by atoms with Gasteiger partial charge in [0, 0.05) is 53.9 Å². The Labute approximate surface area is 197 Å². The number of fused-ring (bicyclic) bond motifs is 1. The Morgan fingerprint density at radius 3 is 2.87 bits per heavy atom. The van der Waals surface area contributed by atoms with Gasteiger partial charge in [-0.15, -0.1) is 11.3 Å². The van der Waals surface area contributed by atoms with Gasteiger partial charge in [-0.05, 0) is 28.8 Å². The topological polar surface area (TPSA) is 86.7 Å². The second-order valence-electron chi connectivity index (χ2n) is 6.89. The van der Waals surface area contributed by atoms with Crippen molar-refractivity contribution in [2.75, 3.05) is 13.6 Å². The predicted octanol–water partition coefficient (Wildman–Crippen LogP) is 3.73. The van der Waals surface area contributed by atoms with Gasteiger partial charge in [-0.25, -0.2) is 14.1 Å². The molecule has 2 aliphatic heterocycles. The van der Waals surface area contributed by atoms with Crippen LogP contribution in [0.15, 0.2) is 57.1 Å². The van der Waals surface area contributed by atoms with Crippen molar-refractivity contribution in [1.29, 1.82) is 0 Å². The quantitative estimate of drug-likeness (QED) is 0.578. The smallest absolute Gasteiger partial charge is 0.276 e. The Bertz CT molecular complexity index is 1180. The van der Waals surface area contributed by atoms with E-state index in [0.717, 1.165) is 11.3 Å². The van der Waals surface area contributed by atoms with Crippen molar-refractivity contribution in [2.24, 2.45) is 4.99 Å². The Morgan fingerprint density at radius 2 is 2.23 bits per heavy atom. The van der Waals surface area contributed by atoms with Gasteiger partial charge in [0.2, 0.25) is 0 Å². The first-order valence-electron chi connectivity index (χ1n) is 9.23. The highest BCUT2D eigenvalue weighted by Crippen LogP contribution is 2.42. The third kappa shape index (κ3) is 4.62. The summed E-state index contributed by atoms with van der Waals surface area (Å²) in [6.07, 6.45) is 4.01. The number of benzene rings is 1. The Morgan fingerprint density at radius 1 is 1.42 bits per heavy atom. The lowest BCUT2D eigenvalue weighted by Gasteiger charge is -2.31. The Balaban J connectivity index is 1.84. The number of amidine groups is 1. The maximum atomic E-state index is 13.7. The normalized spacial score (nSPS) is 21.7. The third-order valence-electron chi connectivity index (χ3n) is 5.02. The Kier molecular flexibility index (Phi) is 6.61. The van der Waals surface area contributed by atoms with E-state index in [2.05, 4.69) is 30.4 Å². The van der Waals surface area contributed by atoms with Gasteiger partial charge in [-0.3, -0.25) is 4.99 Å². The molecule has 2 aromatic rings. The van der Waals surface area contributed by atoms with Crippen molar-refractivity contribution >= 4 is 54.9 Å². The van der Waals surface area contributed by atoms with E-state index in [-0.39, 0.29) is 11.1 Å². The number of rotatable bonds is 6. The second-order valence-corrected chi connectivity index (χ2v) is 10.4. The maximum absolute atomic E-state index is 13.7. The molecule has 2 atom stereocenters. The zero-order chi connectivity index (χ0) is 22.2. The summed E-state index contributed by atoms with van der Waals surface area (Å²) < 4.78 is 42.8. The summed E-state index contributed by atoms with van der Waals surface area (Å²) in [5, 5.41) is 2.83. The number of nitrogens with one attached hydrogen (secondary N) is 2. The SMILES string of the molecule is CNS(=O)(=O)N[C@H]1CC2=C(/C=C/Br)[C@H](c3ccc(F)cc3Cl)N=C(c3nccs3)N2C1. The van der Waals surface area contributed by atoms with Gasteiger partial charge in [0.1, 0.15) is 11.9 Å². The molecule has 2 aliphatic rings. The van der Waals surface area contributed by atoms with Crippen molar-refractivity contribution in [3.05, 3.63) is 73.5 Å². The average molecular weight is 547 g/mol. The molecule has 1 saturated heterocycles. The van der Waals surface area contributed by atoms with Crippen LogP contribution in [-0.4, -0.2) is 43.8 Å². The summed E-state index contributed by atoms with van der Waals surface area (Å²) in [6, 6.07) is 3.39. The van der Waals surface area contributed by atoms with Gasteiger partial charge in [0.25, 0.3) is 10.2 Å². The lowest BCUT2D eigenvalue weighted by atomic mass is 9.94. The molecule has 7 nitrogen and oxygen atoms in total. The van der Waals surface area contributed by atoms with Crippen molar-refractivity contribution in [1.82, 2.24) is 19.3 Å². The highest BCUT2D eigenvalue weighted by Gasteiger charge is 2.39. The van der Waals surface area contributed by atoms with Crippen LogP contribution in [0.1, 0.15) is 23.0 Å². The molecule has 0 spiro atoms. The minimum atomic E-state index is -3.62. The number of hydrogen-bond acceptors (Lipinski definition) is 6. The standard InChI is InChI=1S/C19H18BrClFN5O2S2/c1-23-31(28,29)26-12-9-16-14(4-5-20)17(13-3-2-11(22)8-15(13)21)25-18(27(16)10-12)19-24-6-7-30-19/h2-8,12,17,23,26H,9-10H2,1H3/b5-4+/t12-,17-/m0/s1.